The molecule has 1 saturated heterocycles. The van der Waals surface area contributed by atoms with Crippen molar-refractivity contribution in [2.75, 3.05) is 0 Å². The topological polar surface area (TPSA) is 23.4 Å². The lowest BCUT2D eigenvalue weighted by Crippen LogP contribution is -2.41. The zero-order valence-electron chi connectivity index (χ0n) is 13.2. The van der Waals surface area contributed by atoms with Gasteiger partial charge in [-0.05, 0) is 45.4 Å². The highest BCUT2D eigenvalue weighted by Crippen LogP contribution is 2.37. The molecule has 3 rings (SSSR count). The Hall–Kier alpha value is -1.26. The van der Waals surface area contributed by atoms with E-state index in [9.17, 15) is 0 Å². The van der Waals surface area contributed by atoms with Crippen molar-refractivity contribution in [3.05, 3.63) is 30.0 Å². The molecule has 0 unspecified atom stereocenters. The summed E-state index contributed by atoms with van der Waals surface area (Å²) in [6.45, 7) is 10.5. The monoisotopic (exact) mass is 271 g/mol. The van der Waals surface area contributed by atoms with Crippen molar-refractivity contribution in [2.45, 2.75) is 45.8 Å². The number of aromatic nitrogens is 1. The van der Waals surface area contributed by atoms with Crippen LogP contribution < -0.4 is 5.59 Å². The van der Waals surface area contributed by atoms with Crippen LogP contribution in [0.5, 0.6) is 0 Å². The zero-order chi connectivity index (χ0) is 14.7. The Balaban J connectivity index is 2.12. The van der Waals surface area contributed by atoms with E-state index in [1.54, 1.807) is 0 Å². The molecule has 0 saturated carbocycles. The summed E-state index contributed by atoms with van der Waals surface area (Å²) in [4.78, 5) is 0. The number of nitrogens with zero attached hydrogens (tertiary/aromatic N) is 1. The van der Waals surface area contributed by atoms with Gasteiger partial charge in [0, 0.05) is 13.2 Å². The molecule has 1 aromatic heterocycles. The second-order valence-electron chi connectivity index (χ2n) is 6.80. The van der Waals surface area contributed by atoms with E-state index in [4.69, 9.17) is 9.31 Å². The highest BCUT2D eigenvalue weighted by molar-refractivity contribution is 6.64. The standard InChI is InChI=1S/C16H22BNO2/c1-11-7-8-12-10-18(6)14(13(12)9-11)17-19-15(2,3)16(4,5)20-17/h7-10H,1-6H3. The lowest BCUT2D eigenvalue weighted by atomic mass is 9.82. The summed E-state index contributed by atoms with van der Waals surface area (Å²) in [7, 11) is 1.74. The Labute approximate surface area is 121 Å². The molecule has 20 heavy (non-hydrogen) atoms. The normalized spacial score (nSPS) is 20.8. The van der Waals surface area contributed by atoms with Crippen LogP contribution in [0, 0.1) is 6.92 Å². The quantitative estimate of drug-likeness (QED) is 0.744. The first kappa shape index (κ1) is 13.7. The first-order valence-electron chi connectivity index (χ1n) is 7.12. The van der Waals surface area contributed by atoms with Crippen LogP contribution in [0.2, 0.25) is 0 Å². The zero-order valence-corrected chi connectivity index (χ0v) is 13.2. The van der Waals surface area contributed by atoms with Gasteiger partial charge in [-0.3, -0.25) is 0 Å². The lowest BCUT2D eigenvalue weighted by molar-refractivity contribution is 0.00578. The molecule has 0 bridgehead atoms. The molecular formula is C16H22BNO2. The fraction of sp³-hybridized carbons (Fsp3) is 0.500. The van der Waals surface area contributed by atoms with E-state index < -0.39 is 0 Å². The average Bonchev–Trinajstić information content (AvgIpc) is 2.72. The minimum atomic E-state index is -0.315. The molecule has 0 atom stereocenters. The number of hydrogen-bond acceptors (Lipinski definition) is 2. The van der Waals surface area contributed by atoms with Gasteiger partial charge in [0.1, 0.15) is 0 Å². The van der Waals surface area contributed by atoms with Crippen molar-refractivity contribution < 1.29 is 9.31 Å². The van der Waals surface area contributed by atoms with Crippen molar-refractivity contribution in [1.29, 1.82) is 0 Å². The second-order valence-corrected chi connectivity index (χ2v) is 6.80. The van der Waals surface area contributed by atoms with E-state index in [0.29, 0.717) is 0 Å². The summed E-state index contributed by atoms with van der Waals surface area (Å²) in [6.07, 6.45) is 2.13. The molecule has 106 valence electrons. The molecule has 2 aromatic rings. The molecule has 1 aliphatic heterocycles. The maximum atomic E-state index is 6.19. The van der Waals surface area contributed by atoms with Gasteiger partial charge in [-0.15, -0.1) is 0 Å². The van der Waals surface area contributed by atoms with Crippen LogP contribution in [0.25, 0.3) is 10.8 Å². The molecule has 4 heteroatoms. The molecule has 0 N–H and O–H groups in total. The van der Waals surface area contributed by atoms with Gasteiger partial charge in [-0.2, -0.15) is 0 Å². The summed E-state index contributed by atoms with van der Waals surface area (Å²) in [5.74, 6) is 0. The van der Waals surface area contributed by atoms with E-state index in [1.807, 2.05) is 0 Å². The maximum Gasteiger partial charge on any atom is 0.512 e. The second kappa shape index (κ2) is 4.12. The smallest absolute Gasteiger partial charge is 0.398 e. The van der Waals surface area contributed by atoms with E-state index in [2.05, 4.69) is 70.6 Å². The first-order valence-corrected chi connectivity index (χ1v) is 7.12. The van der Waals surface area contributed by atoms with E-state index in [-0.39, 0.29) is 18.3 Å². The van der Waals surface area contributed by atoms with Crippen molar-refractivity contribution in [2.24, 2.45) is 7.05 Å². The SMILES string of the molecule is Cc1ccc2cn(C)c(B3OC(C)(C)C(C)(C)O3)c2c1. The minimum absolute atomic E-state index is 0.307. The predicted octanol–water partition coefficient (Wildman–Crippen LogP) is 2.79. The Bertz CT molecular complexity index is 656. The van der Waals surface area contributed by atoms with E-state index in [0.717, 1.165) is 5.59 Å². The van der Waals surface area contributed by atoms with Crippen molar-refractivity contribution in [3.63, 3.8) is 0 Å². The number of fused-ring (bicyclic) bond motifs is 1. The van der Waals surface area contributed by atoms with Gasteiger partial charge in [0.2, 0.25) is 0 Å². The summed E-state index contributed by atoms with van der Waals surface area (Å²) >= 11 is 0. The fourth-order valence-corrected chi connectivity index (χ4v) is 2.72. The van der Waals surface area contributed by atoms with Crippen LogP contribution in [0.4, 0.5) is 0 Å². The van der Waals surface area contributed by atoms with Crippen molar-refractivity contribution in [1.82, 2.24) is 4.57 Å². The minimum Gasteiger partial charge on any atom is -0.398 e. The largest absolute Gasteiger partial charge is 0.512 e. The van der Waals surface area contributed by atoms with Gasteiger partial charge >= 0.3 is 7.12 Å². The van der Waals surface area contributed by atoms with Gasteiger partial charge in [0.25, 0.3) is 0 Å². The van der Waals surface area contributed by atoms with Gasteiger partial charge in [0.15, 0.2) is 0 Å². The lowest BCUT2D eigenvalue weighted by Gasteiger charge is -2.32. The Kier molecular flexibility index (Phi) is 2.83. The molecule has 0 radical (unpaired) electrons. The van der Waals surface area contributed by atoms with Crippen molar-refractivity contribution in [3.8, 4) is 0 Å². The number of benzene rings is 1. The van der Waals surface area contributed by atoms with Crippen LogP contribution in [0.15, 0.2) is 24.4 Å². The van der Waals surface area contributed by atoms with Gasteiger partial charge < -0.3 is 13.9 Å². The molecule has 1 aliphatic rings. The van der Waals surface area contributed by atoms with Gasteiger partial charge in [-0.1, -0.05) is 23.8 Å². The van der Waals surface area contributed by atoms with Crippen molar-refractivity contribution >= 4 is 23.5 Å². The molecule has 2 heterocycles. The molecule has 0 amide bonds. The van der Waals surface area contributed by atoms with Gasteiger partial charge in [0.05, 0.1) is 16.8 Å². The van der Waals surface area contributed by atoms with Crippen LogP contribution in [0.3, 0.4) is 0 Å². The molecule has 1 fully saturated rings. The van der Waals surface area contributed by atoms with Gasteiger partial charge in [-0.25, -0.2) is 0 Å². The fourth-order valence-electron chi connectivity index (χ4n) is 2.72. The highest BCUT2D eigenvalue weighted by atomic mass is 16.7. The van der Waals surface area contributed by atoms with Crippen LogP contribution in [-0.4, -0.2) is 22.9 Å². The van der Waals surface area contributed by atoms with E-state index >= 15 is 0 Å². The Morgan fingerprint density at radius 3 is 2.25 bits per heavy atom. The summed E-state index contributed by atoms with van der Waals surface area (Å²) in [5.41, 5.74) is 1.74. The molecule has 0 spiro atoms. The third-order valence-corrected chi connectivity index (χ3v) is 4.67. The third kappa shape index (κ3) is 1.90. The Morgan fingerprint density at radius 1 is 1.05 bits per heavy atom. The Morgan fingerprint density at radius 2 is 1.65 bits per heavy atom. The maximum absolute atomic E-state index is 6.19. The van der Waals surface area contributed by atoms with Crippen LogP contribution >= 0.6 is 0 Å². The predicted molar refractivity (Wildman–Crippen MR) is 83.4 cm³/mol. The number of aryl methyl sites for hydroxylation is 2. The molecule has 1 aromatic carbocycles. The number of hydrogen-bond donors (Lipinski definition) is 0. The average molecular weight is 271 g/mol. The molecule has 3 nitrogen and oxygen atoms in total. The summed E-state index contributed by atoms with van der Waals surface area (Å²) in [6, 6.07) is 6.49. The molecule has 0 aliphatic carbocycles. The highest BCUT2D eigenvalue weighted by Gasteiger charge is 2.52. The van der Waals surface area contributed by atoms with Crippen LogP contribution in [0.1, 0.15) is 33.3 Å². The number of rotatable bonds is 1. The summed E-state index contributed by atoms with van der Waals surface area (Å²) in [5, 5.41) is 2.44. The summed E-state index contributed by atoms with van der Waals surface area (Å²) < 4.78 is 14.5. The first-order chi connectivity index (χ1) is 9.21. The molecular weight excluding hydrogens is 249 g/mol. The van der Waals surface area contributed by atoms with E-state index in [1.165, 1.54) is 16.3 Å². The van der Waals surface area contributed by atoms with Crippen LogP contribution in [-0.2, 0) is 16.4 Å². The third-order valence-electron chi connectivity index (χ3n) is 4.67.